The first-order valence-corrected chi connectivity index (χ1v) is 9.43. The molecule has 0 aromatic heterocycles. The number of nitrogens with zero attached hydrogens (tertiary/aromatic N) is 1. The summed E-state index contributed by atoms with van der Waals surface area (Å²) in [5.74, 6) is 1.43. The molecule has 146 valence electrons. The molecule has 6 heteroatoms. The second-order valence-corrected chi connectivity index (χ2v) is 7.21. The first-order chi connectivity index (χ1) is 12.4. The molecule has 1 amide bonds. The lowest BCUT2D eigenvalue weighted by molar-refractivity contribution is -0.126. The maximum Gasteiger partial charge on any atom is 0.237 e. The van der Waals surface area contributed by atoms with Gasteiger partial charge in [0.2, 0.25) is 5.91 Å². The van der Waals surface area contributed by atoms with Gasteiger partial charge in [0.05, 0.1) is 20.3 Å². The zero-order valence-electron chi connectivity index (χ0n) is 16.7. The van der Waals surface area contributed by atoms with Crippen LogP contribution in [0, 0.1) is 0 Å². The third kappa shape index (κ3) is 5.61. The Morgan fingerprint density at radius 3 is 2.38 bits per heavy atom. The van der Waals surface area contributed by atoms with Crippen molar-refractivity contribution in [1.82, 2.24) is 15.5 Å². The second-order valence-electron chi connectivity index (χ2n) is 7.21. The topological polar surface area (TPSA) is 62.8 Å². The Labute approximate surface area is 157 Å². The molecule has 0 bridgehead atoms. The van der Waals surface area contributed by atoms with Gasteiger partial charge in [-0.25, -0.2) is 0 Å². The van der Waals surface area contributed by atoms with Crippen LogP contribution in [0.15, 0.2) is 18.2 Å². The first kappa shape index (κ1) is 20.5. The Hall–Kier alpha value is -1.79. The Kier molecular flexibility index (Phi) is 7.72. The minimum absolute atomic E-state index is 0.0649. The van der Waals surface area contributed by atoms with Crippen LogP contribution < -0.4 is 20.1 Å². The molecule has 0 radical (unpaired) electrons. The fraction of sp³-hybridized carbons (Fsp3) is 0.650. The number of likely N-dealkylation sites (tertiary alicyclic amines) is 1. The summed E-state index contributed by atoms with van der Waals surface area (Å²) in [5, 5.41) is 6.62. The van der Waals surface area contributed by atoms with E-state index in [1.807, 2.05) is 25.1 Å². The van der Waals surface area contributed by atoms with Crippen molar-refractivity contribution >= 4 is 5.91 Å². The van der Waals surface area contributed by atoms with E-state index in [9.17, 15) is 4.79 Å². The third-order valence-corrected chi connectivity index (χ3v) is 4.94. The molecule has 1 atom stereocenters. The molecule has 1 unspecified atom stereocenters. The van der Waals surface area contributed by atoms with Crippen LogP contribution >= 0.6 is 0 Å². The van der Waals surface area contributed by atoms with Crippen molar-refractivity contribution in [2.45, 2.75) is 58.3 Å². The van der Waals surface area contributed by atoms with Gasteiger partial charge in [0, 0.05) is 31.7 Å². The summed E-state index contributed by atoms with van der Waals surface area (Å²) in [4.78, 5) is 14.8. The van der Waals surface area contributed by atoms with Gasteiger partial charge in [-0.15, -0.1) is 0 Å². The summed E-state index contributed by atoms with van der Waals surface area (Å²) in [5.41, 5.74) is 0.989. The Balaban J connectivity index is 1.82. The number of ether oxygens (including phenoxy) is 2. The van der Waals surface area contributed by atoms with Gasteiger partial charge in [-0.3, -0.25) is 9.69 Å². The van der Waals surface area contributed by atoms with Crippen molar-refractivity contribution < 1.29 is 14.3 Å². The number of methoxy groups -OCH3 is 2. The van der Waals surface area contributed by atoms with Crippen molar-refractivity contribution in [2.24, 2.45) is 0 Å². The van der Waals surface area contributed by atoms with E-state index >= 15 is 0 Å². The first-order valence-electron chi connectivity index (χ1n) is 9.43. The lowest BCUT2D eigenvalue weighted by Gasteiger charge is -2.36. The van der Waals surface area contributed by atoms with Gasteiger partial charge in [-0.2, -0.15) is 0 Å². The number of hydrogen-bond acceptors (Lipinski definition) is 5. The maximum absolute atomic E-state index is 12.5. The van der Waals surface area contributed by atoms with Crippen molar-refractivity contribution in [2.75, 3.05) is 27.3 Å². The predicted molar refractivity (Wildman–Crippen MR) is 104 cm³/mol. The standard InChI is InChI=1S/C20H33N3O3/c1-14(2)22-17-8-10-23(11-9-17)15(3)20(24)21-13-16-6-7-18(25-4)19(12-16)26-5/h6-7,12,14-15,17,22H,8-11,13H2,1-5H3,(H,21,24). The third-order valence-electron chi connectivity index (χ3n) is 4.94. The lowest BCUT2D eigenvalue weighted by atomic mass is 10.0. The molecule has 0 aliphatic carbocycles. The Bertz CT molecular complexity index is 584. The van der Waals surface area contributed by atoms with Gasteiger partial charge in [0.1, 0.15) is 0 Å². The second kappa shape index (κ2) is 9.78. The van der Waals surface area contributed by atoms with Crippen LogP contribution in [0.4, 0.5) is 0 Å². The fourth-order valence-corrected chi connectivity index (χ4v) is 3.42. The molecule has 2 rings (SSSR count). The Morgan fingerprint density at radius 2 is 1.81 bits per heavy atom. The van der Waals surface area contributed by atoms with Crippen molar-refractivity contribution in [3.8, 4) is 11.5 Å². The van der Waals surface area contributed by atoms with Gasteiger partial charge < -0.3 is 20.1 Å². The molecule has 1 saturated heterocycles. The molecule has 1 heterocycles. The number of carbonyl (C=O) groups is 1. The zero-order valence-corrected chi connectivity index (χ0v) is 16.7. The summed E-state index contributed by atoms with van der Waals surface area (Å²) < 4.78 is 10.6. The molecule has 0 spiro atoms. The van der Waals surface area contributed by atoms with Gasteiger partial charge in [0.25, 0.3) is 0 Å². The van der Waals surface area contributed by atoms with Gasteiger partial charge in [0.15, 0.2) is 11.5 Å². The van der Waals surface area contributed by atoms with E-state index in [2.05, 4.69) is 29.4 Å². The van der Waals surface area contributed by atoms with E-state index < -0.39 is 0 Å². The van der Waals surface area contributed by atoms with E-state index in [1.54, 1.807) is 14.2 Å². The lowest BCUT2D eigenvalue weighted by Crippen LogP contribution is -2.51. The monoisotopic (exact) mass is 363 g/mol. The number of amides is 1. The average Bonchev–Trinajstić information content (AvgIpc) is 2.65. The molecule has 1 aromatic carbocycles. The van der Waals surface area contributed by atoms with Crippen molar-refractivity contribution in [3.63, 3.8) is 0 Å². The summed E-state index contributed by atoms with van der Waals surface area (Å²) in [6.07, 6.45) is 2.18. The Morgan fingerprint density at radius 1 is 1.15 bits per heavy atom. The van der Waals surface area contributed by atoms with Crippen LogP contribution in [0.3, 0.4) is 0 Å². The zero-order chi connectivity index (χ0) is 19.1. The van der Waals surface area contributed by atoms with E-state index in [4.69, 9.17) is 9.47 Å². The molecular weight excluding hydrogens is 330 g/mol. The van der Waals surface area contributed by atoms with Crippen LogP contribution in [0.1, 0.15) is 39.2 Å². The predicted octanol–water partition coefficient (Wildman–Crippen LogP) is 2.17. The summed E-state index contributed by atoms with van der Waals surface area (Å²) in [6, 6.07) is 6.65. The highest BCUT2D eigenvalue weighted by atomic mass is 16.5. The average molecular weight is 364 g/mol. The minimum Gasteiger partial charge on any atom is -0.493 e. The number of hydrogen-bond donors (Lipinski definition) is 2. The largest absolute Gasteiger partial charge is 0.493 e. The van der Waals surface area contributed by atoms with Crippen molar-refractivity contribution in [3.05, 3.63) is 23.8 Å². The van der Waals surface area contributed by atoms with Crippen molar-refractivity contribution in [1.29, 1.82) is 0 Å². The normalized spacial score (nSPS) is 17.2. The molecule has 6 nitrogen and oxygen atoms in total. The van der Waals surface area contributed by atoms with Crippen LogP contribution in [-0.2, 0) is 11.3 Å². The molecule has 26 heavy (non-hydrogen) atoms. The van der Waals surface area contributed by atoms with Gasteiger partial charge in [-0.1, -0.05) is 19.9 Å². The molecule has 1 fully saturated rings. The summed E-state index contributed by atoms with van der Waals surface area (Å²) in [6.45, 7) is 8.73. The quantitative estimate of drug-likeness (QED) is 0.741. The molecule has 0 saturated carbocycles. The number of nitrogens with one attached hydrogen (secondary N) is 2. The van der Waals surface area contributed by atoms with E-state index in [1.165, 1.54) is 0 Å². The van der Waals surface area contributed by atoms with Gasteiger partial charge in [-0.05, 0) is 37.5 Å². The van der Waals surface area contributed by atoms with Crippen LogP contribution in [0.5, 0.6) is 11.5 Å². The molecule has 2 N–H and O–H groups in total. The van der Waals surface area contributed by atoms with E-state index in [-0.39, 0.29) is 11.9 Å². The number of piperidine rings is 1. The molecular formula is C20H33N3O3. The van der Waals surface area contributed by atoms with Crippen LogP contribution in [0.2, 0.25) is 0 Å². The highest BCUT2D eigenvalue weighted by molar-refractivity contribution is 5.81. The summed E-state index contributed by atoms with van der Waals surface area (Å²) >= 11 is 0. The highest BCUT2D eigenvalue weighted by Gasteiger charge is 2.26. The van der Waals surface area contributed by atoms with E-state index in [0.717, 1.165) is 31.5 Å². The smallest absolute Gasteiger partial charge is 0.237 e. The maximum atomic E-state index is 12.5. The molecule has 1 aliphatic heterocycles. The van der Waals surface area contributed by atoms with Gasteiger partial charge >= 0.3 is 0 Å². The van der Waals surface area contributed by atoms with Crippen LogP contribution in [-0.4, -0.2) is 56.2 Å². The highest BCUT2D eigenvalue weighted by Crippen LogP contribution is 2.27. The van der Waals surface area contributed by atoms with Crippen LogP contribution in [0.25, 0.3) is 0 Å². The van der Waals surface area contributed by atoms with E-state index in [0.29, 0.717) is 30.1 Å². The SMILES string of the molecule is COc1ccc(CNC(=O)C(C)N2CCC(NC(C)C)CC2)cc1OC. The summed E-state index contributed by atoms with van der Waals surface area (Å²) in [7, 11) is 3.22. The fourth-order valence-electron chi connectivity index (χ4n) is 3.42. The number of benzene rings is 1. The number of carbonyl (C=O) groups excluding carboxylic acids is 1. The minimum atomic E-state index is -0.116. The molecule has 1 aliphatic rings. The number of rotatable bonds is 8. The molecule has 1 aromatic rings.